The zero-order chi connectivity index (χ0) is 30.5. The normalized spacial score (nSPS) is 14.1. The first kappa shape index (κ1) is 26.7. The molecule has 0 radical (unpaired) electrons. The van der Waals surface area contributed by atoms with Crippen LogP contribution in [0.1, 0.15) is 30.4 Å². The predicted molar refractivity (Wildman–Crippen MR) is 192 cm³/mol. The van der Waals surface area contributed by atoms with E-state index < -0.39 is 0 Å². The Morgan fingerprint density at radius 2 is 1.39 bits per heavy atom. The van der Waals surface area contributed by atoms with Crippen LogP contribution in [0.5, 0.6) is 0 Å². The van der Waals surface area contributed by atoms with Gasteiger partial charge in [-0.25, -0.2) is 4.98 Å². The summed E-state index contributed by atoms with van der Waals surface area (Å²) >= 11 is 0. The van der Waals surface area contributed by atoms with Crippen LogP contribution in [0.3, 0.4) is 0 Å². The molecule has 0 bridgehead atoms. The van der Waals surface area contributed by atoms with Gasteiger partial charge in [0.1, 0.15) is 5.58 Å². The van der Waals surface area contributed by atoms with Crippen molar-refractivity contribution in [3.63, 3.8) is 0 Å². The summed E-state index contributed by atoms with van der Waals surface area (Å²) < 4.78 is 6.15. The van der Waals surface area contributed by atoms with Crippen LogP contribution in [0.4, 0.5) is 11.4 Å². The Kier molecular flexibility index (Phi) is 6.41. The molecule has 3 heteroatoms. The average molecular weight is 593 g/mol. The highest BCUT2D eigenvalue weighted by Gasteiger charge is 2.17. The number of fused-ring (bicyclic) bond motifs is 6. The molecular weight excluding hydrogens is 560 g/mol. The molecule has 0 aliphatic heterocycles. The first-order valence-corrected chi connectivity index (χ1v) is 16.1. The van der Waals surface area contributed by atoms with E-state index in [9.17, 15) is 0 Å². The molecule has 2 aliphatic rings. The number of hydrogen-bond donors (Lipinski definition) is 0. The van der Waals surface area contributed by atoms with Gasteiger partial charge < -0.3 is 9.32 Å². The van der Waals surface area contributed by atoms with Crippen molar-refractivity contribution in [2.24, 2.45) is 0 Å². The number of hydrogen-bond acceptors (Lipinski definition) is 3. The largest absolute Gasteiger partial charge is 0.438 e. The number of furan rings is 1. The minimum Gasteiger partial charge on any atom is -0.438 e. The number of aromatic nitrogens is 1. The summed E-state index contributed by atoms with van der Waals surface area (Å²) in [6, 6.07) is 39.6. The molecular formula is C43H32N2O. The number of pyridine rings is 1. The molecule has 9 rings (SSSR count). The van der Waals surface area contributed by atoms with E-state index in [1.54, 1.807) is 0 Å². The molecule has 7 aromatic rings. The number of nitrogens with zero attached hydrogens (tertiary/aromatic N) is 2. The number of aryl methyl sites for hydroxylation is 1. The Morgan fingerprint density at radius 3 is 2.20 bits per heavy atom. The molecule has 0 fully saturated rings. The lowest BCUT2D eigenvalue weighted by Gasteiger charge is -2.29. The number of benzene rings is 5. The Balaban J connectivity index is 1.07. The van der Waals surface area contributed by atoms with Crippen molar-refractivity contribution < 1.29 is 4.42 Å². The molecule has 3 nitrogen and oxygen atoms in total. The fourth-order valence-electron chi connectivity index (χ4n) is 7.06. The average Bonchev–Trinajstić information content (AvgIpc) is 3.51. The summed E-state index contributed by atoms with van der Waals surface area (Å²) in [6.07, 6.45) is 17.4. The topological polar surface area (TPSA) is 29.3 Å². The van der Waals surface area contributed by atoms with Gasteiger partial charge in [0.25, 0.3) is 0 Å². The molecule has 0 saturated carbocycles. The second-order valence-electron chi connectivity index (χ2n) is 12.2. The van der Waals surface area contributed by atoms with Crippen molar-refractivity contribution >= 4 is 50.3 Å². The van der Waals surface area contributed by atoms with Gasteiger partial charge in [0.15, 0.2) is 0 Å². The maximum absolute atomic E-state index is 6.15. The third-order valence-electron chi connectivity index (χ3n) is 9.44. The van der Waals surface area contributed by atoms with E-state index in [1.165, 1.54) is 38.7 Å². The van der Waals surface area contributed by atoms with Crippen LogP contribution >= 0.6 is 0 Å². The monoisotopic (exact) mass is 592 g/mol. The van der Waals surface area contributed by atoms with Crippen LogP contribution < -0.4 is 4.90 Å². The Labute approximate surface area is 268 Å². The summed E-state index contributed by atoms with van der Waals surface area (Å²) in [5.41, 5.74) is 12.6. The maximum atomic E-state index is 6.15. The third kappa shape index (κ3) is 4.64. The quantitative estimate of drug-likeness (QED) is 0.199. The standard InChI is InChI=1S/C43H32N2O/c1-2-11-36(12-3-1)45(37-21-16-30(17-22-37)34-15-14-29-8-4-5-10-33(29)26-34)38-23-18-31(19-24-38)35-27-40-42-39-13-7-6-9-32(39)20-25-41(42)46-43(40)44-28-35/h1-2,5-7,9-11,13-28H,3-4,8,12H2. The Hall–Kier alpha value is -5.67. The second kappa shape index (κ2) is 11.0. The number of rotatable bonds is 5. The molecule has 0 spiro atoms. The third-order valence-corrected chi connectivity index (χ3v) is 9.44. The van der Waals surface area contributed by atoms with Crippen LogP contribution in [0.25, 0.3) is 61.2 Å². The van der Waals surface area contributed by atoms with Crippen LogP contribution in [-0.4, -0.2) is 4.98 Å². The predicted octanol–water partition coefficient (Wildman–Crippen LogP) is 11.8. The SMILES string of the molecule is C1=CCCC(N(c2ccc(-c3ccc4c(c3)C=CCC4)cc2)c2ccc(-c3cnc4oc5ccc6ccccc6c5c4c3)cc2)=C1. The molecule has 0 saturated heterocycles. The van der Waals surface area contributed by atoms with Crippen molar-refractivity contribution in [1.82, 2.24) is 4.98 Å². The smallest absolute Gasteiger partial charge is 0.227 e. The van der Waals surface area contributed by atoms with Crippen LogP contribution in [0, 0.1) is 0 Å². The molecule has 0 amide bonds. The van der Waals surface area contributed by atoms with Gasteiger partial charge in [0.2, 0.25) is 5.71 Å². The van der Waals surface area contributed by atoms with Crippen molar-refractivity contribution in [2.45, 2.75) is 25.7 Å². The van der Waals surface area contributed by atoms with Crippen molar-refractivity contribution in [3.05, 3.63) is 157 Å². The minimum atomic E-state index is 0.672. The van der Waals surface area contributed by atoms with Gasteiger partial charge in [0.05, 0.1) is 0 Å². The van der Waals surface area contributed by atoms with Crippen molar-refractivity contribution in [1.29, 1.82) is 0 Å². The van der Waals surface area contributed by atoms with Crippen LogP contribution in [0.2, 0.25) is 0 Å². The highest BCUT2D eigenvalue weighted by atomic mass is 16.3. The highest BCUT2D eigenvalue weighted by molar-refractivity contribution is 6.18. The van der Waals surface area contributed by atoms with Gasteiger partial charge in [-0.05, 0) is 113 Å². The molecule has 0 unspecified atom stereocenters. The molecule has 0 atom stereocenters. The number of allylic oxidation sites excluding steroid dienone is 5. The van der Waals surface area contributed by atoms with Gasteiger partial charge >= 0.3 is 0 Å². The van der Waals surface area contributed by atoms with E-state index in [0.717, 1.165) is 64.5 Å². The van der Waals surface area contributed by atoms with E-state index in [1.807, 2.05) is 12.3 Å². The molecule has 2 aliphatic carbocycles. The molecule has 2 heterocycles. The van der Waals surface area contributed by atoms with E-state index in [2.05, 4.69) is 138 Å². The summed E-state index contributed by atoms with van der Waals surface area (Å²) in [7, 11) is 0. The zero-order valence-corrected chi connectivity index (χ0v) is 25.5. The van der Waals surface area contributed by atoms with E-state index in [0.29, 0.717) is 5.71 Å². The highest BCUT2D eigenvalue weighted by Crippen LogP contribution is 2.38. The van der Waals surface area contributed by atoms with Gasteiger partial charge in [-0.2, -0.15) is 0 Å². The first-order valence-electron chi connectivity index (χ1n) is 16.1. The van der Waals surface area contributed by atoms with E-state index in [-0.39, 0.29) is 0 Å². The van der Waals surface area contributed by atoms with Gasteiger partial charge in [0, 0.05) is 39.6 Å². The van der Waals surface area contributed by atoms with E-state index in [4.69, 9.17) is 9.40 Å². The van der Waals surface area contributed by atoms with Gasteiger partial charge in [-0.15, -0.1) is 0 Å². The molecule has 5 aromatic carbocycles. The molecule has 0 N–H and O–H groups in total. The molecule has 220 valence electrons. The fraction of sp³-hybridized carbons (Fsp3) is 0.0930. The maximum Gasteiger partial charge on any atom is 0.227 e. The minimum absolute atomic E-state index is 0.672. The summed E-state index contributed by atoms with van der Waals surface area (Å²) in [5, 5.41) is 4.56. The fourth-order valence-corrected chi connectivity index (χ4v) is 7.06. The summed E-state index contributed by atoms with van der Waals surface area (Å²) in [6.45, 7) is 0. The summed E-state index contributed by atoms with van der Waals surface area (Å²) in [4.78, 5) is 7.13. The lowest BCUT2D eigenvalue weighted by atomic mass is 9.93. The zero-order valence-electron chi connectivity index (χ0n) is 25.5. The van der Waals surface area contributed by atoms with E-state index >= 15 is 0 Å². The Bertz CT molecular complexity index is 2350. The molecule has 2 aromatic heterocycles. The van der Waals surface area contributed by atoms with Crippen LogP contribution in [-0.2, 0) is 6.42 Å². The molecule has 46 heavy (non-hydrogen) atoms. The summed E-state index contributed by atoms with van der Waals surface area (Å²) in [5.74, 6) is 0. The number of anilines is 2. The first-order chi connectivity index (χ1) is 22.8. The van der Waals surface area contributed by atoms with Crippen LogP contribution in [0.15, 0.2) is 150 Å². The Morgan fingerprint density at radius 1 is 0.630 bits per heavy atom. The van der Waals surface area contributed by atoms with Crippen molar-refractivity contribution in [2.75, 3.05) is 4.90 Å². The lowest BCUT2D eigenvalue weighted by Crippen LogP contribution is -2.17. The second-order valence-corrected chi connectivity index (χ2v) is 12.2. The van der Waals surface area contributed by atoms with Gasteiger partial charge in [-0.1, -0.05) is 91.0 Å². The van der Waals surface area contributed by atoms with Gasteiger partial charge in [-0.3, -0.25) is 0 Å². The lowest BCUT2D eigenvalue weighted by molar-refractivity contribution is 0.654. The van der Waals surface area contributed by atoms with Crippen molar-refractivity contribution in [3.8, 4) is 22.3 Å².